The van der Waals surface area contributed by atoms with Crippen molar-refractivity contribution in [2.75, 3.05) is 30.3 Å². The van der Waals surface area contributed by atoms with Gasteiger partial charge in [-0.2, -0.15) is 9.61 Å². The monoisotopic (exact) mass is 552 g/mol. The summed E-state index contributed by atoms with van der Waals surface area (Å²) in [6, 6.07) is 17.4. The summed E-state index contributed by atoms with van der Waals surface area (Å²) in [6.45, 7) is 4.17. The zero-order valence-corrected chi connectivity index (χ0v) is 21.7. The number of benzene rings is 2. The van der Waals surface area contributed by atoms with Gasteiger partial charge in [0.05, 0.1) is 16.4 Å². The fourth-order valence-corrected chi connectivity index (χ4v) is 5.02. The lowest BCUT2D eigenvalue weighted by Gasteiger charge is -2.33. The first kappa shape index (κ1) is 23.6. The minimum Gasteiger partial charge on any atom is -0.370 e. The van der Waals surface area contributed by atoms with Gasteiger partial charge in [0.2, 0.25) is 0 Å². The Morgan fingerprint density at radius 3 is 2.83 bits per heavy atom. The Morgan fingerprint density at radius 2 is 2.00 bits per heavy atom. The lowest BCUT2D eigenvalue weighted by atomic mass is 9.98. The van der Waals surface area contributed by atoms with Gasteiger partial charge in [0.15, 0.2) is 5.65 Å². The van der Waals surface area contributed by atoms with E-state index < -0.39 is 0 Å². The number of para-hydroxylation sites is 1. The van der Waals surface area contributed by atoms with Crippen LogP contribution in [0.25, 0.3) is 16.9 Å². The van der Waals surface area contributed by atoms with E-state index in [1.165, 1.54) is 0 Å². The van der Waals surface area contributed by atoms with Crippen molar-refractivity contribution in [3.05, 3.63) is 75.9 Å². The molecule has 180 valence electrons. The van der Waals surface area contributed by atoms with Gasteiger partial charge in [-0.1, -0.05) is 48.0 Å². The SMILES string of the molecule is Cc1ccccc1NC(=O)N1CCCC(CNc2cc(-c3ccccc3Cl)nc3c(Br)cnn23)C1. The normalized spacial score (nSPS) is 15.9. The van der Waals surface area contributed by atoms with Crippen molar-refractivity contribution in [1.82, 2.24) is 19.5 Å². The summed E-state index contributed by atoms with van der Waals surface area (Å²) in [6.07, 6.45) is 3.76. The fourth-order valence-electron chi connectivity index (χ4n) is 4.44. The second-order valence-electron chi connectivity index (χ2n) is 8.81. The number of hydrogen-bond acceptors (Lipinski definition) is 4. The summed E-state index contributed by atoms with van der Waals surface area (Å²) in [7, 11) is 0. The minimum absolute atomic E-state index is 0.0488. The highest BCUT2D eigenvalue weighted by Gasteiger charge is 2.24. The Balaban J connectivity index is 1.31. The van der Waals surface area contributed by atoms with Crippen LogP contribution in [0.4, 0.5) is 16.3 Å². The van der Waals surface area contributed by atoms with Crippen molar-refractivity contribution >= 4 is 50.7 Å². The van der Waals surface area contributed by atoms with E-state index >= 15 is 0 Å². The van der Waals surface area contributed by atoms with Crippen LogP contribution >= 0.6 is 27.5 Å². The zero-order valence-electron chi connectivity index (χ0n) is 19.3. The molecular weight excluding hydrogens is 528 g/mol. The standard InChI is InChI=1S/C26H26BrClN6O/c1-17-7-2-5-11-22(17)32-26(35)33-12-6-8-18(16-33)14-29-24-13-23(19-9-3-4-10-21(19)28)31-25-20(27)15-30-34(24)25/h2-5,7,9-11,13,15,18,29H,6,8,12,14,16H2,1H3,(H,32,35). The average molecular weight is 554 g/mol. The molecule has 2 aromatic heterocycles. The molecule has 7 nitrogen and oxygen atoms in total. The average Bonchev–Trinajstić information content (AvgIpc) is 3.25. The molecule has 1 aliphatic heterocycles. The first-order valence-corrected chi connectivity index (χ1v) is 12.8. The molecule has 1 fully saturated rings. The summed E-state index contributed by atoms with van der Waals surface area (Å²) < 4.78 is 2.60. The molecule has 1 atom stereocenters. The molecule has 1 saturated heterocycles. The van der Waals surface area contributed by atoms with Gasteiger partial charge in [-0.15, -0.1) is 0 Å². The maximum Gasteiger partial charge on any atom is 0.321 e. The number of anilines is 2. The number of amides is 2. The van der Waals surface area contributed by atoms with Gasteiger partial charge < -0.3 is 15.5 Å². The van der Waals surface area contributed by atoms with Gasteiger partial charge >= 0.3 is 6.03 Å². The maximum atomic E-state index is 12.9. The van der Waals surface area contributed by atoms with Crippen molar-refractivity contribution in [2.24, 2.45) is 5.92 Å². The van der Waals surface area contributed by atoms with Gasteiger partial charge in [0.25, 0.3) is 0 Å². The number of urea groups is 1. The Bertz CT molecular complexity index is 1370. The first-order valence-electron chi connectivity index (χ1n) is 11.6. The molecular formula is C26H26BrClN6O. The predicted molar refractivity (Wildman–Crippen MR) is 144 cm³/mol. The van der Waals surface area contributed by atoms with Gasteiger partial charge in [0, 0.05) is 42.0 Å². The van der Waals surface area contributed by atoms with Crippen LogP contribution in [-0.2, 0) is 0 Å². The number of fused-ring (bicyclic) bond motifs is 1. The molecule has 2 N–H and O–H groups in total. The van der Waals surface area contributed by atoms with E-state index in [0.29, 0.717) is 29.7 Å². The van der Waals surface area contributed by atoms with Crippen molar-refractivity contribution in [3.8, 4) is 11.3 Å². The third kappa shape index (κ3) is 5.13. The van der Waals surface area contributed by atoms with Crippen LogP contribution in [0, 0.1) is 12.8 Å². The molecule has 5 rings (SSSR count). The van der Waals surface area contributed by atoms with E-state index in [4.69, 9.17) is 16.6 Å². The molecule has 4 aromatic rings. The molecule has 0 saturated carbocycles. The first-order chi connectivity index (χ1) is 17.0. The number of piperidine rings is 1. The summed E-state index contributed by atoms with van der Waals surface area (Å²) in [5.74, 6) is 1.15. The number of carbonyl (C=O) groups excluding carboxylic acids is 1. The summed E-state index contributed by atoms with van der Waals surface area (Å²) >= 11 is 10.0. The van der Waals surface area contributed by atoms with Gasteiger partial charge in [-0.25, -0.2) is 9.78 Å². The molecule has 3 heterocycles. The van der Waals surface area contributed by atoms with Gasteiger partial charge in [-0.3, -0.25) is 0 Å². The van der Waals surface area contributed by atoms with E-state index in [-0.39, 0.29) is 6.03 Å². The van der Waals surface area contributed by atoms with Crippen LogP contribution in [0.3, 0.4) is 0 Å². The molecule has 35 heavy (non-hydrogen) atoms. The highest BCUT2D eigenvalue weighted by atomic mass is 79.9. The molecule has 2 amide bonds. The van der Waals surface area contributed by atoms with Crippen molar-refractivity contribution in [1.29, 1.82) is 0 Å². The third-order valence-electron chi connectivity index (χ3n) is 6.34. The van der Waals surface area contributed by atoms with Crippen molar-refractivity contribution < 1.29 is 4.79 Å². The molecule has 9 heteroatoms. The molecule has 0 radical (unpaired) electrons. The number of hydrogen-bond donors (Lipinski definition) is 2. The molecule has 0 bridgehead atoms. The lowest BCUT2D eigenvalue weighted by molar-refractivity contribution is 0.180. The highest BCUT2D eigenvalue weighted by molar-refractivity contribution is 9.10. The zero-order chi connectivity index (χ0) is 24.4. The lowest BCUT2D eigenvalue weighted by Crippen LogP contribution is -2.44. The van der Waals surface area contributed by atoms with E-state index in [1.54, 1.807) is 10.7 Å². The van der Waals surface area contributed by atoms with Crippen molar-refractivity contribution in [3.63, 3.8) is 0 Å². The number of rotatable bonds is 5. The Hall–Kier alpha value is -3.10. The Kier molecular flexibility index (Phi) is 6.92. The highest BCUT2D eigenvalue weighted by Crippen LogP contribution is 2.30. The largest absolute Gasteiger partial charge is 0.370 e. The summed E-state index contributed by atoms with van der Waals surface area (Å²) in [4.78, 5) is 19.6. The Morgan fingerprint density at radius 1 is 1.20 bits per heavy atom. The second-order valence-corrected chi connectivity index (χ2v) is 10.1. The number of carbonyl (C=O) groups is 1. The van der Waals surface area contributed by atoms with E-state index in [0.717, 1.165) is 52.2 Å². The maximum absolute atomic E-state index is 12.9. The molecule has 1 unspecified atom stereocenters. The quantitative estimate of drug-likeness (QED) is 0.297. The number of aryl methyl sites for hydroxylation is 1. The van der Waals surface area contributed by atoms with E-state index in [2.05, 4.69) is 31.7 Å². The second kappa shape index (κ2) is 10.3. The van der Waals surface area contributed by atoms with Gasteiger partial charge in [-0.05, 0) is 59.3 Å². The number of nitrogens with zero attached hydrogens (tertiary/aromatic N) is 4. The number of halogens is 2. The third-order valence-corrected chi connectivity index (χ3v) is 7.23. The Labute approximate surface area is 217 Å². The van der Waals surface area contributed by atoms with E-state index in [9.17, 15) is 4.79 Å². The summed E-state index contributed by atoms with van der Waals surface area (Å²) in [5, 5.41) is 11.7. The fraction of sp³-hybridized carbons (Fsp3) is 0.269. The molecule has 1 aliphatic rings. The number of aromatic nitrogens is 3. The topological polar surface area (TPSA) is 74.6 Å². The van der Waals surface area contributed by atoms with E-state index in [1.807, 2.05) is 66.4 Å². The van der Waals surface area contributed by atoms with Crippen LogP contribution in [0.2, 0.25) is 5.02 Å². The van der Waals surface area contributed by atoms with Gasteiger partial charge in [0.1, 0.15) is 5.82 Å². The van der Waals surface area contributed by atoms with Crippen molar-refractivity contribution in [2.45, 2.75) is 19.8 Å². The smallest absolute Gasteiger partial charge is 0.321 e. The van der Waals surface area contributed by atoms with Crippen LogP contribution in [-0.4, -0.2) is 45.2 Å². The van der Waals surface area contributed by atoms with Crippen LogP contribution in [0.1, 0.15) is 18.4 Å². The summed E-state index contributed by atoms with van der Waals surface area (Å²) in [5.41, 5.74) is 4.26. The predicted octanol–water partition coefficient (Wildman–Crippen LogP) is 6.48. The number of nitrogens with one attached hydrogen (secondary N) is 2. The number of likely N-dealkylation sites (tertiary alicyclic amines) is 1. The molecule has 0 spiro atoms. The molecule has 2 aromatic carbocycles. The molecule has 0 aliphatic carbocycles. The van der Waals surface area contributed by atoms with Crippen LogP contribution in [0.5, 0.6) is 0 Å². The van der Waals surface area contributed by atoms with Crippen LogP contribution < -0.4 is 10.6 Å². The van der Waals surface area contributed by atoms with Crippen LogP contribution in [0.15, 0.2) is 65.3 Å². The minimum atomic E-state index is -0.0488.